The number of nitrogens with zero attached hydrogens (tertiary/aromatic N) is 2. The van der Waals surface area contributed by atoms with E-state index >= 15 is 0 Å². The first-order chi connectivity index (χ1) is 14.7. The fourth-order valence-corrected chi connectivity index (χ4v) is 3.73. The third kappa shape index (κ3) is 3.42. The molecule has 2 aliphatic heterocycles. The molecule has 5 rings (SSSR count). The number of pyridine rings is 1. The molecule has 0 saturated heterocycles. The fourth-order valence-electron chi connectivity index (χ4n) is 3.73. The Balaban J connectivity index is 1.43. The van der Waals surface area contributed by atoms with Gasteiger partial charge in [0.1, 0.15) is 24.0 Å². The molecule has 6 nitrogen and oxygen atoms in total. The van der Waals surface area contributed by atoms with E-state index in [9.17, 15) is 4.79 Å². The highest BCUT2D eigenvalue weighted by Gasteiger charge is 2.33. The van der Waals surface area contributed by atoms with E-state index in [0.717, 1.165) is 34.7 Å². The van der Waals surface area contributed by atoms with Gasteiger partial charge in [-0.3, -0.25) is 14.7 Å². The number of carbonyl (C=O) groups excluding carboxylic acids is 1. The molecule has 6 heteroatoms. The zero-order chi connectivity index (χ0) is 20.5. The molecule has 3 heterocycles. The number of allylic oxidation sites excluding steroid dienone is 1. The summed E-state index contributed by atoms with van der Waals surface area (Å²) in [5.41, 5.74) is 3.46. The molecule has 0 aliphatic carbocycles. The highest BCUT2D eigenvalue weighted by molar-refractivity contribution is 6.15. The Morgan fingerprint density at radius 2 is 2.03 bits per heavy atom. The van der Waals surface area contributed by atoms with E-state index in [1.807, 2.05) is 42.5 Å². The molecule has 0 spiro atoms. The first-order valence-electron chi connectivity index (χ1n) is 9.69. The summed E-state index contributed by atoms with van der Waals surface area (Å²) in [5, 5.41) is 0. The van der Waals surface area contributed by atoms with Gasteiger partial charge in [-0.25, -0.2) is 0 Å². The predicted octanol–water partition coefficient (Wildman–Crippen LogP) is 4.06. The van der Waals surface area contributed by atoms with Gasteiger partial charge in [-0.05, 0) is 53.6 Å². The molecule has 3 aromatic rings. The van der Waals surface area contributed by atoms with Crippen molar-refractivity contribution in [2.24, 2.45) is 0 Å². The number of benzene rings is 2. The minimum atomic E-state index is -0.123. The number of methoxy groups -OCH3 is 1. The standard InChI is InChI=1S/C24H20N2O4/c1-28-18-4-2-3-17(11-18)12-22-23(27)19-5-6-21-20(24(19)30-22)14-26(15-29-21)13-16-7-9-25-10-8-16/h2-12H,13-15H2,1H3/b22-12-. The Bertz CT molecular complexity index is 1140. The van der Waals surface area contributed by atoms with Gasteiger partial charge in [0.25, 0.3) is 0 Å². The number of ether oxygens (including phenoxy) is 3. The predicted molar refractivity (Wildman–Crippen MR) is 111 cm³/mol. The molecule has 0 amide bonds. The molecule has 0 radical (unpaired) electrons. The summed E-state index contributed by atoms with van der Waals surface area (Å²) in [4.78, 5) is 19.2. The molecule has 0 fully saturated rings. The van der Waals surface area contributed by atoms with Crippen LogP contribution in [-0.4, -0.2) is 29.5 Å². The topological polar surface area (TPSA) is 60.9 Å². The molecule has 2 aliphatic rings. The zero-order valence-corrected chi connectivity index (χ0v) is 16.5. The second kappa shape index (κ2) is 7.65. The van der Waals surface area contributed by atoms with Crippen LogP contribution in [0.1, 0.15) is 27.0 Å². The van der Waals surface area contributed by atoms with Crippen molar-refractivity contribution in [2.75, 3.05) is 13.8 Å². The van der Waals surface area contributed by atoms with Crippen LogP contribution in [0.25, 0.3) is 6.08 Å². The zero-order valence-electron chi connectivity index (χ0n) is 16.5. The van der Waals surface area contributed by atoms with Gasteiger partial charge in [-0.15, -0.1) is 0 Å². The van der Waals surface area contributed by atoms with Gasteiger partial charge in [0.15, 0.2) is 5.76 Å². The lowest BCUT2D eigenvalue weighted by molar-refractivity contribution is 0.0872. The molecular formula is C24H20N2O4. The lowest BCUT2D eigenvalue weighted by atomic mass is 10.0. The number of rotatable bonds is 4. The molecule has 1 aromatic heterocycles. The van der Waals surface area contributed by atoms with Gasteiger partial charge in [0.05, 0.1) is 18.2 Å². The second-order valence-corrected chi connectivity index (χ2v) is 7.25. The van der Waals surface area contributed by atoms with Crippen LogP contribution in [0, 0.1) is 0 Å². The molecule has 0 unspecified atom stereocenters. The number of hydrogen-bond acceptors (Lipinski definition) is 6. The van der Waals surface area contributed by atoms with E-state index < -0.39 is 0 Å². The number of fused-ring (bicyclic) bond motifs is 3. The number of aromatic nitrogens is 1. The number of hydrogen-bond donors (Lipinski definition) is 0. The van der Waals surface area contributed by atoms with Crippen molar-refractivity contribution in [3.8, 4) is 17.2 Å². The average Bonchev–Trinajstić information content (AvgIpc) is 3.10. The van der Waals surface area contributed by atoms with Crippen molar-refractivity contribution in [3.63, 3.8) is 0 Å². The maximum Gasteiger partial charge on any atom is 0.231 e. The average molecular weight is 400 g/mol. The summed E-state index contributed by atoms with van der Waals surface area (Å²) >= 11 is 0. The third-order valence-corrected chi connectivity index (χ3v) is 5.23. The van der Waals surface area contributed by atoms with Gasteiger partial charge in [0, 0.05) is 25.5 Å². The van der Waals surface area contributed by atoms with E-state index in [1.165, 1.54) is 0 Å². The lowest BCUT2D eigenvalue weighted by Gasteiger charge is -2.29. The minimum absolute atomic E-state index is 0.123. The monoisotopic (exact) mass is 400 g/mol. The molecule has 0 bridgehead atoms. The molecular weight excluding hydrogens is 380 g/mol. The first-order valence-corrected chi connectivity index (χ1v) is 9.69. The van der Waals surface area contributed by atoms with Crippen molar-refractivity contribution in [2.45, 2.75) is 13.1 Å². The Labute approximate surface area is 174 Å². The quantitative estimate of drug-likeness (QED) is 0.616. The summed E-state index contributed by atoms with van der Waals surface area (Å²) < 4.78 is 17.2. The molecule has 0 atom stereocenters. The van der Waals surface area contributed by atoms with Gasteiger partial charge in [-0.1, -0.05) is 12.1 Å². The molecule has 150 valence electrons. The summed E-state index contributed by atoms with van der Waals surface area (Å²) in [6.45, 7) is 1.85. The third-order valence-electron chi connectivity index (χ3n) is 5.23. The van der Waals surface area contributed by atoms with E-state index in [2.05, 4.69) is 9.88 Å². The van der Waals surface area contributed by atoms with Crippen LogP contribution in [0.2, 0.25) is 0 Å². The van der Waals surface area contributed by atoms with Crippen LogP contribution in [0.3, 0.4) is 0 Å². The summed E-state index contributed by atoms with van der Waals surface area (Å²) in [5.74, 6) is 2.26. The SMILES string of the molecule is COc1cccc(/C=C2\Oc3c(ccc4c3CN(Cc3ccncc3)CO4)C2=O)c1. The number of carbonyl (C=O) groups is 1. The maximum atomic E-state index is 12.9. The highest BCUT2D eigenvalue weighted by atomic mass is 16.5. The van der Waals surface area contributed by atoms with Crippen LogP contribution in [0.15, 0.2) is 66.7 Å². The smallest absolute Gasteiger partial charge is 0.231 e. The Morgan fingerprint density at radius 1 is 1.17 bits per heavy atom. The Hall–Kier alpha value is -3.64. The summed E-state index contributed by atoms with van der Waals surface area (Å²) in [6.07, 6.45) is 5.31. The van der Waals surface area contributed by atoms with E-state index in [0.29, 0.717) is 30.3 Å². The summed E-state index contributed by atoms with van der Waals surface area (Å²) in [7, 11) is 1.61. The van der Waals surface area contributed by atoms with Crippen LogP contribution < -0.4 is 14.2 Å². The van der Waals surface area contributed by atoms with Crippen LogP contribution >= 0.6 is 0 Å². The van der Waals surface area contributed by atoms with E-state index in [-0.39, 0.29) is 5.78 Å². The lowest BCUT2D eigenvalue weighted by Crippen LogP contribution is -2.31. The van der Waals surface area contributed by atoms with Gasteiger partial charge < -0.3 is 14.2 Å². The van der Waals surface area contributed by atoms with Crippen molar-refractivity contribution in [3.05, 3.63) is 88.9 Å². The minimum Gasteiger partial charge on any atom is -0.497 e. The normalized spacial score (nSPS) is 16.6. The van der Waals surface area contributed by atoms with Crippen LogP contribution in [-0.2, 0) is 13.1 Å². The second-order valence-electron chi connectivity index (χ2n) is 7.25. The molecule has 0 saturated carbocycles. The largest absolute Gasteiger partial charge is 0.497 e. The van der Waals surface area contributed by atoms with Gasteiger partial charge in [0.2, 0.25) is 5.78 Å². The summed E-state index contributed by atoms with van der Waals surface area (Å²) in [6, 6.07) is 15.1. The van der Waals surface area contributed by atoms with Crippen molar-refractivity contribution in [1.82, 2.24) is 9.88 Å². The highest BCUT2D eigenvalue weighted by Crippen LogP contribution is 2.42. The number of Topliss-reactive ketones (excluding diaryl/α,β-unsaturated/α-hetero) is 1. The Morgan fingerprint density at radius 3 is 2.87 bits per heavy atom. The molecule has 2 aromatic carbocycles. The fraction of sp³-hybridized carbons (Fsp3) is 0.167. The van der Waals surface area contributed by atoms with Crippen LogP contribution in [0.5, 0.6) is 17.2 Å². The first kappa shape index (κ1) is 18.4. The van der Waals surface area contributed by atoms with E-state index in [4.69, 9.17) is 14.2 Å². The maximum absolute atomic E-state index is 12.9. The molecule has 30 heavy (non-hydrogen) atoms. The number of ketones is 1. The van der Waals surface area contributed by atoms with Crippen molar-refractivity contribution >= 4 is 11.9 Å². The van der Waals surface area contributed by atoms with Crippen molar-refractivity contribution < 1.29 is 19.0 Å². The van der Waals surface area contributed by atoms with Crippen molar-refractivity contribution in [1.29, 1.82) is 0 Å². The Kier molecular flexibility index (Phi) is 4.69. The van der Waals surface area contributed by atoms with Gasteiger partial charge in [-0.2, -0.15) is 0 Å². The van der Waals surface area contributed by atoms with Crippen LogP contribution in [0.4, 0.5) is 0 Å². The van der Waals surface area contributed by atoms with Gasteiger partial charge >= 0.3 is 0 Å². The molecule has 0 N–H and O–H groups in total. The van der Waals surface area contributed by atoms with E-state index in [1.54, 1.807) is 31.6 Å².